The van der Waals surface area contributed by atoms with E-state index in [1.54, 1.807) is 25.6 Å². The van der Waals surface area contributed by atoms with Gasteiger partial charge in [-0.25, -0.2) is 0 Å². The van der Waals surface area contributed by atoms with Crippen molar-refractivity contribution in [3.8, 4) is 11.1 Å². The molecule has 4 aromatic rings. The van der Waals surface area contributed by atoms with E-state index in [4.69, 9.17) is 0 Å². The van der Waals surface area contributed by atoms with Crippen molar-refractivity contribution in [2.75, 3.05) is 0 Å². The fraction of sp³-hybridized carbons (Fsp3) is 0.386. The van der Waals surface area contributed by atoms with Crippen molar-refractivity contribution >= 4 is 14.5 Å². The molecular weight excluding hydrogens is 691 g/mol. The van der Waals surface area contributed by atoms with Crippen LogP contribution in [0.2, 0.25) is 0 Å². The van der Waals surface area contributed by atoms with Crippen LogP contribution in [-0.2, 0) is 32.1 Å². The van der Waals surface area contributed by atoms with Gasteiger partial charge in [0.05, 0.1) is 0 Å². The number of hydrogen-bond acceptors (Lipinski definition) is 0. The van der Waals surface area contributed by atoms with Gasteiger partial charge in [0.2, 0.25) is 0 Å². The van der Waals surface area contributed by atoms with Crippen LogP contribution in [0.15, 0.2) is 99.4 Å². The molecule has 0 amide bonds. The summed E-state index contributed by atoms with van der Waals surface area (Å²) in [5.74, 6) is 0.477. The van der Waals surface area contributed by atoms with Gasteiger partial charge in [0.25, 0.3) is 0 Å². The maximum absolute atomic E-state index is 2.84. The summed E-state index contributed by atoms with van der Waals surface area (Å²) in [6, 6.07) is 30.9. The topological polar surface area (TPSA) is 0 Å². The van der Waals surface area contributed by atoms with Gasteiger partial charge in [-0.2, -0.15) is 0 Å². The zero-order valence-electron chi connectivity index (χ0n) is 30.3. The molecule has 0 fully saturated rings. The van der Waals surface area contributed by atoms with Crippen LogP contribution in [-0.4, -0.2) is 3.71 Å². The fourth-order valence-electron chi connectivity index (χ4n) is 7.75. The van der Waals surface area contributed by atoms with Crippen LogP contribution in [0.1, 0.15) is 114 Å². The van der Waals surface area contributed by atoms with E-state index in [-0.39, 0.29) is 41.1 Å². The maximum Gasteiger partial charge on any atom is -1.00 e. The predicted octanol–water partition coefficient (Wildman–Crippen LogP) is 6.27. The van der Waals surface area contributed by atoms with Crippen molar-refractivity contribution in [1.82, 2.24) is 0 Å². The van der Waals surface area contributed by atoms with Crippen LogP contribution in [0.5, 0.6) is 0 Å². The van der Waals surface area contributed by atoms with Gasteiger partial charge in [-0.3, -0.25) is 0 Å². The van der Waals surface area contributed by atoms with Gasteiger partial charge in [0.1, 0.15) is 0 Å². The normalized spacial score (nSPS) is 16.5. The molecule has 0 heterocycles. The second kappa shape index (κ2) is 13.7. The molecule has 3 heteroatoms. The van der Waals surface area contributed by atoms with Gasteiger partial charge >= 0.3 is 282 Å². The molecule has 0 aromatic heterocycles. The summed E-state index contributed by atoms with van der Waals surface area (Å²) in [6.45, 7) is 26.2. The monoisotopic (exact) mass is 740 g/mol. The number of hydrogen-bond donors (Lipinski definition) is 0. The molecule has 1 unspecified atom stereocenters. The Bertz CT molecular complexity index is 1830. The number of fused-ring (bicyclic) bond motifs is 4. The van der Waals surface area contributed by atoms with Crippen LogP contribution in [0.4, 0.5) is 0 Å². The number of benzene rings is 4. The molecule has 6 rings (SSSR count). The molecule has 0 nitrogen and oxygen atoms in total. The van der Waals surface area contributed by atoms with Crippen molar-refractivity contribution in [1.29, 1.82) is 0 Å². The minimum atomic E-state index is -2.65. The summed E-state index contributed by atoms with van der Waals surface area (Å²) in [4.78, 5) is 0. The van der Waals surface area contributed by atoms with Gasteiger partial charge in [0.15, 0.2) is 0 Å². The van der Waals surface area contributed by atoms with Crippen molar-refractivity contribution in [2.24, 2.45) is 11.3 Å². The Morgan fingerprint density at radius 2 is 1.19 bits per heavy atom. The van der Waals surface area contributed by atoms with Gasteiger partial charge in [-0.15, -0.1) is 0 Å². The Balaban J connectivity index is 0.00000250. The van der Waals surface area contributed by atoms with E-state index < -0.39 is 21.3 Å². The zero-order valence-corrected chi connectivity index (χ0v) is 34.2. The Labute approximate surface area is 305 Å². The van der Waals surface area contributed by atoms with Crippen LogP contribution in [0.25, 0.3) is 21.9 Å². The molecule has 47 heavy (non-hydrogen) atoms. The van der Waals surface area contributed by atoms with Gasteiger partial charge in [-0.1, -0.05) is 0 Å². The Kier molecular flexibility index (Phi) is 11.0. The molecule has 0 bridgehead atoms. The minimum absolute atomic E-state index is 0. The Morgan fingerprint density at radius 3 is 1.70 bits per heavy atom. The number of rotatable bonds is 4. The third-order valence-electron chi connectivity index (χ3n) is 10.2. The SMILES string of the molecule is CCC1=[C](/[Zr+2](=[CH]/c2cccc3ccccc23)[CH]2c3ccc(C(C)(C)C)cc3-c3cc(C(C)(C)C)ccc32)C(C)C=C1C(C)(C)C.[Cl-].[Cl-]. The number of halogens is 2. The quantitative estimate of drug-likeness (QED) is 0.232. The van der Waals surface area contributed by atoms with Crippen LogP contribution < -0.4 is 24.8 Å². The fourth-order valence-corrected chi connectivity index (χ4v) is 16.8. The Morgan fingerprint density at radius 1 is 0.660 bits per heavy atom. The Hall–Kier alpha value is -2.05. The van der Waals surface area contributed by atoms with Crippen molar-refractivity contribution in [3.63, 3.8) is 0 Å². The van der Waals surface area contributed by atoms with E-state index in [9.17, 15) is 0 Å². The summed E-state index contributed by atoms with van der Waals surface area (Å²) in [5.41, 5.74) is 14.0. The smallest absolute Gasteiger partial charge is 1.00 e. The molecule has 246 valence electrons. The molecule has 0 saturated heterocycles. The summed E-state index contributed by atoms with van der Waals surface area (Å²) in [5, 5.41) is 2.72. The van der Waals surface area contributed by atoms with Gasteiger partial charge in [0, 0.05) is 0 Å². The summed E-state index contributed by atoms with van der Waals surface area (Å²) in [7, 11) is 0. The first-order chi connectivity index (χ1) is 21.1. The third kappa shape index (κ3) is 7.02. The molecule has 2 aliphatic carbocycles. The molecule has 0 radical (unpaired) electrons. The molecule has 0 aliphatic heterocycles. The average molecular weight is 743 g/mol. The maximum atomic E-state index is 2.84. The van der Waals surface area contributed by atoms with Crippen LogP contribution in [0.3, 0.4) is 0 Å². The third-order valence-corrected chi connectivity index (χ3v) is 18.2. The standard InChI is InChI=1S/C21H25.C12H19.C11H8.2ClH.Zr/c1-20(2,3)16-9-7-14-11-15-8-10-17(21(4,5)6)13-19(15)18(14)12-16;1-6-10-7-9(2)8-11(10)12(3,4)5;1-9-5-4-7-10-6-2-3-8-11(9)10;;;/h7-13H,1-6H3;8-9H,6H2,1-5H3;1-8H;2*1H;/q;;;;;+2/p-2. The van der Waals surface area contributed by atoms with Crippen molar-refractivity contribution < 1.29 is 46.1 Å². The van der Waals surface area contributed by atoms with E-state index in [0.29, 0.717) is 9.54 Å². The van der Waals surface area contributed by atoms with Crippen LogP contribution in [0, 0.1) is 11.3 Å². The molecule has 0 N–H and O–H groups in total. The second-order valence-electron chi connectivity index (χ2n) is 16.6. The van der Waals surface area contributed by atoms with Gasteiger partial charge in [-0.05, 0) is 0 Å². The summed E-state index contributed by atoms with van der Waals surface area (Å²) >= 11 is -2.65. The predicted molar refractivity (Wildman–Crippen MR) is 194 cm³/mol. The number of allylic oxidation sites excluding steroid dienone is 4. The molecule has 4 aromatic carbocycles. The summed E-state index contributed by atoms with van der Waals surface area (Å²) in [6.07, 6.45) is 3.74. The van der Waals surface area contributed by atoms with E-state index in [2.05, 4.69) is 165 Å². The largest absolute Gasteiger partial charge is 1.00 e. The molecular formula is C44H52Cl2Zr. The van der Waals surface area contributed by atoms with E-state index in [1.165, 1.54) is 38.6 Å². The first-order valence-electron chi connectivity index (χ1n) is 17.0. The first kappa shape index (κ1) is 37.8. The second-order valence-corrected chi connectivity index (χ2v) is 22.3. The van der Waals surface area contributed by atoms with Gasteiger partial charge < -0.3 is 24.8 Å². The van der Waals surface area contributed by atoms with Crippen molar-refractivity contribution in [3.05, 3.63) is 127 Å². The van der Waals surface area contributed by atoms with E-state index >= 15 is 0 Å². The molecule has 0 spiro atoms. The molecule has 2 aliphatic rings. The van der Waals surface area contributed by atoms with Crippen molar-refractivity contribution in [2.45, 2.75) is 97.0 Å². The molecule has 0 saturated carbocycles. The zero-order chi connectivity index (χ0) is 32.5. The van der Waals surface area contributed by atoms with Crippen LogP contribution >= 0.6 is 0 Å². The van der Waals surface area contributed by atoms with E-state index in [1.807, 2.05) is 0 Å². The average Bonchev–Trinajstić information content (AvgIpc) is 3.49. The van der Waals surface area contributed by atoms with E-state index in [0.717, 1.165) is 6.42 Å². The summed E-state index contributed by atoms with van der Waals surface area (Å²) < 4.78 is 5.09. The minimum Gasteiger partial charge on any atom is -1.00 e. The first-order valence-corrected chi connectivity index (χ1v) is 21.1. The molecule has 1 atom stereocenters.